The zero-order valence-electron chi connectivity index (χ0n) is 17.1. The van der Waals surface area contributed by atoms with Crippen molar-refractivity contribution in [3.63, 3.8) is 0 Å². The molecule has 162 valence electrons. The molecule has 7 nitrogen and oxygen atoms in total. The standard InChI is InChI=1S/C21H28N4O3S2/c26-17(23-13-5-2-1-3-6-13)9-10-22-18(27)12-29-11-16-24-20(28)19-14-7-4-8-15(14)30-21(19)25-16/h13H,1-12H2,(H,22,27)(H,23,26)(H,24,25,28). The summed E-state index contributed by atoms with van der Waals surface area (Å²) >= 11 is 3.03. The first-order valence-electron chi connectivity index (χ1n) is 10.8. The predicted molar refractivity (Wildman–Crippen MR) is 121 cm³/mol. The van der Waals surface area contributed by atoms with E-state index >= 15 is 0 Å². The van der Waals surface area contributed by atoms with Crippen LogP contribution in [0, 0.1) is 0 Å². The molecule has 0 aliphatic heterocycles. The predicted octanol–water partition coefficient (Wildman–Crippen LogP) is 2.66. The molecule has 2 aliphatic carbocycles. The van der Waals surface area contributed by atoms with Crippen LogP contribution in [-0.4, -0.2) is 40.1 Å². The van der Waals surface area contributed by atoms with Crippen molar-refractivity contribution in [1.82, 2.24) is 20.6 Å². The van der Waals surface area contributed by atoms with Crippen molar-refractivity contribution in [2.75, 3.05) is 12.3 Å². The summed E-state index contributed by atoms with van der Waals surface area (Å²) in [5.74, 6) is 1.25. The Morgan fingerprint density at radius 3 is 2.80 bits per heavy atom. The van der Waals surface area contributed by atoms with E-state index in [0.717, 1.165) is 42.3 Å². The molecule has 2 amide bonds. The Kier molecular flexibility index (Phi) is 7.09. The molecular formula is C21H28N4O3S2. The lowest BCUT2D eigenvalue weighted by Crippen LogP contribution is -2.38. The fourth-order valence-corrected chi connectivity index (χ4v) is 6.27. The van der Waals surface area contributed by atoms with Crippen LogP contribution >= 0.6 is 23.1 Å². The summed E-state index contributed by atoms with van der Waals surface area (Å²) in [6.45, 7) is 0.347. The van der Waals surface area contributed by atoms with E-state index in [0.29, 0.717) is 30.6 Å². The van der Waals surface area contributed by atoms with Crippen LogP contribution < -0.4 is 16.2 Å². The molecule has 2 aromatic rings. The topological polar surface area (TPSA) is 104 Å². The summed E-state index contributed by atoms with van der Waals surface area (Å²) in [6.07, 6.45) is 9.17. The van der Waals surface area contributed by atoms with Crippen LogP contribution in [0.2, 0.25) is 0 Å². The lowest BCUT2D eigenvalue weighted by molar-refractivity contribution is -0.122. The van der Waals surface area contributed by atoms with Gasteiger partial charge >= 0.3 is 0 Å². The van der Waals surface area contributed by atoms with Gasteiger partial charge in [0, 0.05) is 23.9 Å². The number of thioether (sulfide) groups is 1. The second-order valence-electron chi connectivity index (χ2n) is 8.05. The summed E-state index contributed by atoms with van der Waals surface area (Å²) in [4.78, 5) is 46.0. The number of carbonyl (C=O) groups excluding carboxylic acids is 2. The number of H-pyrrole nitrogens is 1. The second kappa shape index (κ2) is 9.96. The Labute approximate surface area is 183 Å². The maximum Gasteiger partial charge on any atom is 0.259 e. The van der Waals surface area contributed by atoms with Gasteiger partial charge in [-0.25, -0.2) is 4.98 Å². The van der Waals surface area contributed by atoms with Gasteiger partial charge in [0.05, 0.1) is 16.9 Å². The summed E-state index contributed by atoms with van der Waals surface area (Å²) in [5, 5.41) is 6.60. The van der Waals surface area contributed by atoms with Crippen LogP contribution in [0.25, 0.3) is 10.2 Å². The van der Waals surface area contributed by atoms with Crippen molar-refractivity contribution in [2.24, 2.45) is 0 Å². The minimum atomic E-state index is -0.107. The van der Waals surface area contributed by atoms with Gasteiger partial charge in [0.25, 0.3) is 5.56 Å². The molecule has 1 fully saturated rings. The highest BCUT2D eigenvalue weighted by Crippen LogP contribution is 2.34. The lowest BCUT2D eigenvalue weighted by atomic mass is 9.95. The third-order valence-electron chi connectivity index (χ3n) is 5.74. The number of rotatable bonds is 8. The number of hydrogen-bond donors (Lipinski definition) is 3. The van der Waals surface area contributed by atoms with Gasteiger partial charge in [-0.15, -0.1) is 23.1 Å². The SMILES string of the molecule is O=C(CSCc1nc2sc3c(c2c(=O)[nH]1)CCC3)NCCC(=O)NC1CCCCC1. The molecule has 2 aromatic heterocycles. The molecule has 9 heteroatoms. The summed E-state index contributed by atoms with van der Waals surface area (Å²) < 4.78 is 0. The molecule has 3 N–H and O–H groups in total. The maximum atomic E-state index is 12.5. The number of fused-ring (bicyclic) bond motifs is 3. The number of aromatic nitrogens is 2. The number of nitrogens with one attached hydrogen (secondary N) is 3. The van der Waals surface area contributed by atoms with Crippen LogP contribution in [0.15, 0.2) is 4.79 Å². The molecule has 0 bridgehead atoms. The highest BCUT2D eigenvalue weighted by atomic mass is 32.2. The number of aromatic amines is 1. The minimum Gasteiger partial charge on any atom is -0.355 e. The third-order valence-corrected chi connectivity index (χ3v) is 7.87. The van der Waals surface area contributed by atoms with E-state index in [-0.39, 0.29) is 23.1 Å². The van der Waals surface area contributed by atoms with Gasteiger partial charge in [0.2, 0.25) is 11.8 Å². The van der Waals surface area contributed by atoms with Gasteiger partial charge in [-0.3, -0.25) is 14.4 Å². The number of aryl methyl sites for hydroxylation is 2. The van der Waals surface area contributed by atoms with Crippen molar-refractivity contribution < 1.29 is 9.59 Å². The van der Waals surface area contributed by atoms with E-state index in [1.807, 2.05) is 0 Å². The van der Waals surface area contributed by atoms with Crippen LogP contribution in [0.5, 0.6) is 0 Å². The fourth-order valence-electron chi connectivity index (χ4n) is 4.27. The summed E-state index contributed by atoms with van der Waals surface area (Å²) in [5.41, 5.74) is 1.11. The molecular weight excluding hydrogens is 420 g/mol. The molecule has 0 spiro atoms. The quantitative estimate of drug-likeness (QED) is 0.576. The molecule has 0 saturated heterocycles. The number of carbonyl (C=O) groups is 2. The van der Waals surface area contributed by atoms with Gasteiger partial charge in [-0.2, -0.15) is 0 Å². The first kappa shape index (κ1) is 21.4. The van der Waals surface area contributed by atoms with Gasteiger partial charge in [0.15, 0.2) is 0 Å². The average molecular weight is 449 g/mol. The van der Waals surface area contributed by atoms with Crippen LogP contribution in [-0.2, 0) is 28.2 Å². The number of amides is 2. The summed E-state index contributed by atoms with van der Waals surface area (Å²) in [6, 6.07) is 0.300. The van der Waals surface area contributed by atoms with E-state index in [1.54, 1.807) is 11.3 Å². The largest absolute Gasteiger partial charge is 0.355 e. The van der Waals surface area contributed by atoms with Crippen molar-refractivity contribution in [3.05, 3.63) is 26.6 Å². The van der Waals surface area contributed by atoms with E-state index in [4.69, 9.17) is 0 Å². The molecule has 2 heterocycles. The third kappa shape index (κ3) is 5.24. The first-order valence-corrected chi connectivity index (χ1v) is 12.7. The molecule has 30 heavy (non-hydrogen) atoms. The highest BCUT2D eigenvalue weighted by molar-refractivity contribution is 7.99. The molecule has 1 saturated carbocycles. The zero-order chi connectivity index (χ0) is 20.9. The smallest absolute Gasteiger partial charge is 0.259 e. The number of hydrogen-bond acceptors (Lipinski definition) is 6. The fraction of sp³-hybridized carbons (Fsp3) is 0.619. The van der Waals surface area contributed by atoms with E-state index < -0.39 is 0 Å². The molecule has 0 radical (unpaired) electrons. The Bertz CT molecular complexity index is 979. The van der Waals surface area contributed by atoms with Crippen LogP contribution in [0.4, 0.5) is 0 Å². The van der Waals surface area contributed by atoms with Crippen molar-refractivity contribution in [3.8, 4) is 0 Å². The van der Waals surface area contributed by atoms with Crippen molar-refractivity contribution in [1.29, 1.82) is 0 Å². The highest BCUT2D eigenvalue weighted by Gasteiger charge is 2.21. The van der Waals surface area contributed by atoms with Gasteiger partial charge in [-0.1, -0.05) is 19.3 Å². The Morgan fingerprint density at radius 2 is 1.97 bits per heavy atom. The molecule has 4 rings (SSSR count). The maximum absolute atomic E-state index is 12.5. The first-order chi connectivity index (χ1) is 14.6. The zero-order valence-corrected chi connectivity index (χ0v) is 18.7. The van der Waals surface area contributed by atoms with Gasteiger partial charge in [0.1, 0.15) is 10.7 Å². The molecule has 0 unspecified atom stereocenters. The number of thiophene rings is 1. The second-order valence-corrected chi connectivity index (χ2v) is 10.1. The molecule has 2 aliphatic rings. The van der Waals surface area contributed by atoms with Crippen LogP contribution in [0.3, 0.4) is 0 Å². The molecule has 0 atom stereocenters. The Hall–Kier alpha value is -1.87. The monoisotopic (exact) mass is 448 g/mol. The molecule has 0 aromatic carbocycles. The van der Waals surface area contributed by atoms with E-state index in [9.17, 15) is 14.4 Å². The van der Waals surface area contributed by atoms with Gasteiger partial charge < -0.3 is 15.6 Å². The Morgan fingerprint density at radius 1 is 1.13 bits per heavy atom. The lowest BCUT2D eigenvalue weighted by Gasteiger charge is -2.22. The van der Waals surface area contributed by atoms with Crippen molar-refractivity contribution in [2.45, 2.75) is 69.6 Å². The summed E-state index contributed by atoms with van der Waals surface area (Å²) in [7, 11) is 0. The van der Waals surface area contributed by atoms with Gasteiger partial charge in [-0.05, 0) is 37.7 Å². The normalized spacial score (nSPS) is 16.5. The van der Waals surface area contributed by atoms with Crippen molar-refractivity contribution >= 4 is 45.1 Å². The Balaban J connectivity index is 1.18. The minimum absolute atomic E-state index is 0.00720. The van der Waals surface area contributed by atoms with Crippen LogP contribution in [0.1, 0.15) is 61.2 Å². The van der Waals surface area contributed by atoms with E-state index in [2.05, 4.69) is 20.6 Å². The average Bonchev–Trinajstić information content (AvgIpc) is 3.29. The number of nitrogens with zero attached hydrogens (tertiary/aromatic N) is 1. The van der Waals surface area contributed by atoms with E-state index in [1.165, 1.54) is 41.5 Å².